The van der Waals surface area contributed by atoms with E-state index in [9.17, 15) is 9.59 Å². The third-order valence-electron chi connectivity index (χ3n) is 5.68. The van der Waals surface area contributed by atoms with Crippen molar-refractivity contribution in [3.05, 3.63) is 124 Å². The largest absolute Gasteiger partial charge is 0.348 e. The van der Waals surface area contributed by atoms with Crippen LogP contribution in [0.1, 0.15) is 39.2 Å². The van der Waals surface area contributed by atoms with Crippen molar-refractivity contribution in [2.75, 3.05) is 0 Å². The summed E-state index contributed by atoms with van der Waals surface area (Å²) in [6.07, 6.45) is 1.62. The molecule has 0 atom stereocenters. The van der Waals surface area contributed by atoms with Crippen LogP contribution in [0.2, 0.25) is 5.15 Å². The highest BCUT2D eigenvalue weighted by atomic mass is 35.5. The lowest BCUT2D eigenvalue weighted by Crippen LogP contribution is -2.25. The molecule has 176 valence electrons. The van der Waals surface area contributed by atoms with E-state index in [4.69, 9.17) is 11.6 Å². The zero-order chi connectivity index (χ0) is 24.8. The van der Waals surface area contributed by atoms with Crippen LogP contribution in [0.3, 0.4) is 0 Å². The first-order valence-corrected chi connectivity index (χ1v) is 11.7. The lowest BCUT2D eigenvalue weighted by molar-refractivity contribution is -0.117. The van der Waals surface area contributed by atoms with Crippen LogP contribution in [-0.4, -0.2) is 21.5 Å². The van der Waals surface area contributed by atoms with Crippen LogP contribution in [0, 0.1) is 13.8 Å². The van der Waals surface area contributed by atoms with Gasteiger partial charge in [-0.05, 0) is 37.6 Å². The summed E-state index contributed by atoms with van der Waals surface area (Å²) >= 11 is 6.70. The molecule has 0 aliphatic rings. The summed E-state index contributed by atoms with van der Waals surface area (Å²) in [7, 11) is 0. The van der Waals surface area contributed by atoms with Crippen molar-refractivity contribution in [3.8, 4) is 5.69 Å². The van der Waals surface area contributed by atoms with E-state index in [0.29, 0.717) is 34.1 Å². The number of hydrogen-bond donors (Lipinski definition) is 1. The molecule has 0 fully saturated rings. The minimum absolute atomic E-state index is 0.0596. The number of halogens is 1. The van der Waals surface area contributed by atoms with Gasteiger partial charge in [0, 0.05) is 29.7 Å². The number of ketones is 1. The van der Waals surface area contributed by atoms with Gasteiger partial charge >= 0.3 is 0 Å². The minimum atomic E-state index is -0.322. The quantitative estimate of drug-likeness (QED) is 0.243. The first kappa shape index (κ1) is 24.2. The Kier molecular flexibility index (Phi) is 7.58. The van der Waals surface area contributed by atoms with Crippen molar-refractivity contribution in [1.82, 2.24) is 15.1 Å². The highest BCUT2D eigenvalue weighted by Gasteiger charge is 2.19. The predicted molar refractivity (Wildman–Crippen MR) is 140 cm³/mol. The molecule has 5 nitrogen and oxygen atoms in total. The number of hydrogen-bond acceptors (Lipinski definition) is 3. The fourth-order valence-electron chi connectivity index (χ4n) is 3.69. The number of nitrogens with one attached hydrogen (secondary N) is 1. The standard InChI is InChI=1S/C29H26ClN3O2/c1-20-13-15-23(16-14-20)27(34)18-24(29(35)31-19-22-9-5-3-6-10-22)17-26-21(2)32-33(28(26)30)25-11-7-4-8-12-25/h3-17H,18-19H2,1-2H3,(H,31,35). The molecular weight excluding hydrogens is 458 g/mol. The van der Waals surface area contributed by atoms with Gasteiger partial charge in [-0.1, -0.05) is 90.0 Å². The molecule has 0 unspecified atom stereocenters. The summed E-state index contributed by atoms with van der Waals surface area (Å²) in [5.41, 5.74) is 4.99. The maximum absolute atomic E-state index is 13.2. The second-order valence-corrected chi connectivity index (χ2v) is 8.70. The van der Waals surface area contributed by atoms with Crippen LogP contribution in [0.15, 0.2) is 90.5 Å². The molecule has 0 radical (unpaired) electrons. The number of aryl methyl sites for hydroxylation is 2. The van der Waals surface area contributed by atoms with E-state index in [1.54, 1.807) is 22.9 Å². The molecule has 3 aromatic carbocycles. The van der Waals surface area contributed by atoms with Crippen molar-refractivity contribution in [2.45, 2.75) is 26.8 Å². The lowest BCUT2D eigenvalue weighted by atomic mass is 9.99. The first-order valence-electron chi connectivity index (χ1n) is 11.4. The molecule has 35 heavy (non-hydrogen) atoms. The molecular formula is C29H26ClN3O2. The van der Waals surface area contributed by atoms with Crippen LogP contribution < -0.4 is 5.32 Å². The molecule has 6 heteroatoms. The molecule has 0 saturated carbocycles. The number of carbonyl (C=O) groups is 2. The summed E-state index contributed by atoms with van der Waals surface area (Å²) < 4.78 is 1.63. The monoisotopic (exact) mass is 483 g/mol. The Balaban J connectivity index is 1.66. The van der Waals surface area contributed by atoms with Gasteiger partial charge in [0.15, 0.2) is 5.78 Å². The van der Waals surface area contributed by atoms with E-state index in [-0.39, 0.29) is 18.1 Å². The molecule has 1 heterocycles. The van der Waals surface area contributed by atoms with Crippen LogP contribution in [0.25, 0.3) is 11.8 Å². The summed E-state index contributed by atoms with van der Waals surface area (Å²) in [6, 6.07) is 26.5. The van der Waals surface area contributed by atoms with Gasteiger partial charge in [0.2, 0.25) is 5.91 Å². The van der Waals surface area contributed by atoms with Crippen molar-refractivity contribution >= 4 is 29.4 Å². The Labute approximate surface area is 210 Å². The van der Waals surface area contributed by atoms with E-state index in [1.165, 1.54) is 0 Å². The highest BCUT2D eigenvalue weighted by molar-refractivity contribution is 6.31. The van der Waals surface area contributed by atoms with E-state index in [2.05, 4.69) is 10.4 Å². The Morgan fingerprint density at radius 3 is 2.20 bits per heavy atom. The molecule has 0 spiro atoms. The summed E-state index contributed by atoms with van der Waals surface area (Å²) in [6.45, 7) is 4.15. The molecule has 1 amide bonds. The van der Waals surface area contributed by atoms with E-state index in [0.717, 1.165) is 16.8 Å². The smallest absolute Gasteiger partial charge is 0.247 e. The van der Waals surface area contributed by atoms with Gasteiger partial charge in [0.1, 0.15) is 5.15 Å². The topological polar surface area (TPSA) is 64.0 Å². The van der Waals surface area contributed by atoms with Crippen LogP contribution in [0.4, 0.5) is 0 Å². The van der Waals surface area contributed by atoms with Gasteiger partial charge in [0.25, 0.3) is 0 Å². The number of Topliss-reactive ketones (excluding diaryl/α,β-unsaturated/α-hetero) is 1. The lowest BCUT2D eigenvalue weighted by Gasteiger charge is -2.10. The van der Waals surface area contributed by atoms with Crippen molar-refractivity contribution in [1.29, 1.82) is 0 Å². The molecule has 4 rings (SSSR count). The van der Waals surface area contributed by atoms with Gasteiger partial charge in [-0.3, -0.25) is 9.59 Å². The number of para-hydroxylation sites is 1. The number of amides is 1. The van der Waals surface area contributed by atoms with E-state index < -0.39 is 0 Å². The van der Waals surface area contributed by atoms with E-state index >= 15 is 0 Å². The van der Waals surface area contributed by atoms with Crippen LogP contribution in [0.5, 0.6) is 0 Å². The predicted octanol–water partition coefficient (Wildman–Crippen LogP) is 6.12. The Bertz CT molecular complexity index is 1360. The van der Waals surface area contributed by atoms with Gasteiger partial charge in [-0.2, -0.15) is 5.10 Å². The molecule has 4 aromatic rings. The zero-order valence-electron chi connectivity index (χ0n) is 19.7. The zero-order valence-corrected chi connectivity index (χ0v) is 20.4. The third-order valence-corrected chi connectivity index (χ3v) is 6.04. The van der Waals surface area contributed by atoms with Crippen LogP contribution in [-0.2, 0) is 11.3 Å². The number of nitrogens with zero attached hydrogens (tertiary/aromatic N) is 2. The van der Waals surface area contributed by atoms with Gasteiger partial charge in [-0.25, -0.2) is 4.68 Å². The average molecular weight is 484 g/mol. The summed E-state index contributed by atoms with van der Waals surface area (Å²) in [4.78, 5) is 26.3. The average Bonchev–Trinajstić information content (AvgIpc) is 3.16. The fourth-order valence-corrected chi connectivity index (χ4v) is 4.02. The SMILES string of the molecule is Cc1ccc(C(=O)CC(=Cc2c(C)nn(-c3ccccc3)c2Cl)C(=O)NCc2ccccc2)cc1. The Morgan fingerprint density at radius 1 is 0.914 bits per heavy atom. The summed E-state index contributed by atoms with van der Waals surface area (Å²) in [5.74, 6) is -0.465. The van der Waals surface area contributed by atoms with Gasteiger partial charge < -0.3 is 5.32 Å². The second kappa shape index (κ2) is 11.0. The third kappa shape index (κ3) is 5.94. The minimum Gasteiger partial charge on any atom is -0.348 e. The normalized spacial score (nSPS) is 11.3. The summed E-state index contributed by atoms with van der Waals surface area (Å²) in [5, 5.41) is 7.87. The fraction of sp³-hybridized carbons (Fsp3) is 0.138. The van der Waals surface area contributed by atoms with Crippen molar-refractivity contribution in [2.24, 2.45) is 0 Å². The van der Waals surface area contributed by atoms with Crippen molar-refractivity contribution in [3.63, 3.8) is 0 Å². The first-order chi connectivity index (χ1) is 16.9. The molecule has 0 bridgehead atoms. The molecule has 0 aliphatic heterocycles. The Hall–Kier alpha value is -3.96. The van der Waals surface area contributed by atoms with Crippen molar-refractivity contribution < 1.29 is 9.59 Å². The van der Waals surface area contributed by atoms with E-state index in [1.807, 2.05) is 86.6 Å². The van der Waals surface area contributed by atoms with Gasteiger partial charge in [0.05, 0.1) is 11.4 Å². The molecule has 0 aliphatic carbocycles. The van der Waals surface area contributed by atoms with Gasteiger partial charge in [-0.15, -0.1) is 0 Å². The number of carbonyl (C=O) groups excluding carboxylic acids is 2. The number of aromatic nitrogens is 2. The second-order valence-electron chi connectivity index (χ2n) is 8.34. The molecule has 1 N–H and O–H groups in total. The van der Waals surface area contributed by atoms with Crippen LogP contribution >= 0.6 is 11.6 Å². The maximum Gasteiger partial charge on any atom is 0.247 e. The highest BCUT2D eigenvalue weighted by Crippen LogP contribution is 2.27. The Morgan fingerprint density at radius 2 is 1.54 bits per heavy atom. The number of benzene rings is 3. The maximum atomic E-state index is 13.2. The molecule has 0 saturated heterocycles. The molecule has 1 aromatic heterocycles. The number of rotatable bonds is 8.